The molecule has 0 saturated heterocycles. The van der Waals surface area contributed by atoms with Crippen LogP contribution in [0.4, 0.5) is 5.69 Å². The Labute approximate surface area is 131 Å². The van der Waals surface area contributed by atoms with Crippen LogP contribution in [0.1, 0.15) is 32.1 Å². The van der Waals surface area contributed by atoms with Crippen molar-refractivity contribution in [2.75, 3.05) is 5.32 Å². The zero-order valence-electron chi connectivity index (χ0n) is 11.2. The maximum Gasteiger partial charge on any atom is 0.244 e. The Balaban J connectivity index is 1.94. The van der Waals surface area contributed by atoms with Crippen LogP contribution < -0.4 is 5.32 Å². The molecule has 0 unspecified atom stereocenters. The number of carbonyl (C=O) groups is 1. The van der Waals surface area contributed by atoms with E-state index in [1.54, 1.807) is 12.1 Å². The highest BCUT2D eigenvalue weighted by Crippen LogP contribution is 2.38. The van der Waals surface area contributed by atoms with Gasteiger partial charge < -0.3 is 5.32 Å². The highest BCUT2D eigenvalue weighted by atomic mass is 35.5. The minimum atomic E-state index is -0.951. The third-order valence-electron chi connectivity index (χ3n) is 3.97. The summed E-state index contributed by atoms with van der Waals surface area (Å²) in [6.07, 6.45) is 4.06. The number of halogens is 1. The predicted octanol–water partition coefficient (Wildman–Crippen LogP) is 3.76. The molecule has 1 aliphatic carbocycles. The van der Waals surface area contributed by atoms with E-state index in [9.17, 15) is 10.1 Å². The summed E-state index contributed by atoms with van der Waals surface area (Å²) in [6, 6.07) is 5.65. The van der Waals surface area contributed by atoms with E-state index in [1.807, 2.05) is 0 Å². The fraction of sp³-hybridized carbons (Fsp3) is 0.429. The molecular weight excluding hydrogens is 308 g/mol. The van der Waals surface area contributed by atoms with Gasteiger partial charge in [-0.05, 0) is 25.0 Å². The maximum absolute atomic E-state index is 12.6. The van der Waals surface area contributed by atoms with Crippen LogP contribution >= 0.6 is 23.3 Å². The second-order valence-corrected chi connectivity index (χ2v) is 6.20. The molecule has 1 aliphatic rings. The van der Waals surface area contributed by atoms with E-state index >= 15 is 0 Å². The highest BCUT2D eigenvalue weighted by Gasteiger charge is 2.40. The maximum atomic E-state index is 12.6. The summed E-state index contributed by atoms with van der Waals surface area (Å²) in [6.45, 7) is 0. The molecule has 3 rings (SSSR count). The molecule has 1 amide bonds. The number of hydrogen-bond donors (Lipinski definition) is 1. The van der Waals surface area contributed by atoms with E-state index in [1.165, 1.54) is 0 Å². The quantitative estimate of drug-likeness (QED) is 0.913. The summed E-state index contributed by atoms with van der Waals surface area (Å²) in [5, 5.41) is 12.7. The number of anilines is 1. The summed E-state index contributed by atoms with van der Waals surface area (Å²) in [7, 11) is 0. The molecule has 0 aliphatic heterocycles. The van der Waals surface area contributed by atoms with Gasteiger partial charge in [0.25, 0.3) is 0 Å². The summed E-state index contributed by atoms with van der Waals surface area (Å²) < 4.78 is 8.31. The van der Waals surface area contributed by atoms with Crippen molar-refractivity contribution in [3.63, 3.8) is 0 Å². The molecule has 0 atom stereocenters. The van der Waals surface area contributed by atoms with Gasteiger partial charge in [-0.2, -0.15) is 14.0 Å². The Morgan fingerprint density at radius 1 is 1.33 bits per heavy atom. The van der Waals surface area contributed by atoms with Gasteiger partial charge >= 0.3 is 0 Å². The largest absolute Gasteiger partial charge is 0.321 e. The first kappa shape index (κ1) is 14.2. The first-order valence-corrected chi connectivity index (χ1v) is 7.91. The second-order valence-electron chi connectivity index (χ2n) is 5.26. The summed E-state index contributed by atoms with van der Waals surface area (Å²) in [5.74, 6) is -0.285. The van der Waals surface area contributed by atoms with E-state index in [2.05, 4.69) is 20.1 Å². The molecule has 1 aromatic carbocycles. The number of nitrogens with zero attached hydrogens (tertiary/aromatic N) is 3. The number of amides is 1. The van der Waals surface area contributed by atoms with Gasteiger partial charge in [0, 0.05) is 0 Å². The molecule has 21 heavy (non-hydrogen) atoms. The van der Waals surface area contributed by atoms with Crippen molar-refractivity contribution in [3.05, 3.63) is 17.2 Å². The van der Waals surface area contributed by atoms with Gasteiger partial charge in [-0.25, -0.2) is 0 Å². The monoisotopic (exact) mass is 320 g/mol. The van der Waals surface area contributed by atoms with E-state index in [0.717, 1.165) is 31.0 Å². The first-order valence-electron chi connectivity index (χ1n) is 6.80. The molecule has 0 spiro atoms. The lowest BCUT2D eigenvalue weighted by Crippen LogP contribution is -2.36. The summed E-state index contributed by atoms with van der Waals surface area (Å²) in [5.41, 5.74) is 0.764. The third-order valence-corrected chi connectivity index (χ3v) is 4.83. The number of fused-ring (bicyclic) bond motifs is 1. The first-order chi connectivity index (χ1) is 10.2. The van der Waals surface area contributed by atoms with E-state index in [4.69, 9.17) is 11.6 Å². The number of hydrogen-bond acceptors (Lipinski definition) is 5. The molecule has 1 N–H and O–H groups in total. The Morgan fingerprint density at radius 2 is 2.10 bits per heavy atom. The molecule has 108 valence electrons. The molecule has 1 fully saturated rings. The van der Waals surface area contributed by atoms with Crippen LogP contribution in [0.3, 0.4) is 0 Å². The SMILES string of the molecule is N#CC1(C(=O)Nc2c(Cl)ccc3nsnc23)CCCCC1. The van der Waals surface area contributed by atoms with Crippen LogP contribution in [0.2, 0.25) is 5.02 Å². The molecule has 1 saturated carbocycles. The fourth-order valence-electron chi connectivity index (χ4n) is 2.72. The van der Waals surface area contributed by atoms with Gasteiger partial charge in [0.05, 0.1) is 28.5 Å². The van der Waals surface area contributed by atoms with Crippen LogP contribution in [-0.4, -0.2) is 14.7 Å². The normalized spacial score (nSPS) is 17.3. The van der Waals surface area contributed by atoms with Gasteiger partial charge in [-0.1, -0.05) is 30.9 Å². The second kappa shape index (κ2) is 5.58. The number of nitriles is 1. The molecule has 0 radical (unpaired) electrons. The molecular formula is C14H13ClN4OS. The van der Waals surface area contributed by atoms with Crippen molar-refractivity contribution < 1.29 is 4.79 Å². The number of benzene rings is 1. The zero-order valence-corrected chi connectivity index (χ0v) is 12.8. The Bertz CT molecular complexity index is 730. The minimum Gasteiger partial charge on any atom is -0.321 e. The zero-order chi connectivity index (χ0) is 14.9. The molecule has 0 bridgehead atoms. The average Bonchev–Trinajstić information content (AvgIpc) is 2.99. The number of carbonyl (C=O) groups excluding carboxylic acids is 1. The van der Waals surface area contributed by atoms with Crippen molar-refractivity contribution in [2.24, 2.45) is 5.41 Å². The molecule has 2 aromatic rings. The van der Waals surface area contributed by atoms with Crippen LogP contribution in [-0.2, 0) is 4.79 Å². The van der Waals surface area contributed by atoms with Crippen molar-refractivity contribution in [2.45, 2.75) is 32.1 Å². The lowest BCUT2D eigenvalue weighted by Gasteiger charge is -2.29. The minimum absolute atomic E-state index is 0.285. The van der Waals surface area contributed by atoms with Gasteiger partial charge in [0.15, 0.2) is 0 Å². The van der Waals surface area contributed by atoms with Gasteiger partial charge in [0.1, 0.15) is 16.4 Å². The molecule has 1 aromatic heterocycles. The van der Waals surface area contributed by atoms with E-state index in [0.29, 0.717) is 34.6 Å². The Kier molecular flexibility index (Phi) is 3.79. The Morgan fingerprint density at radius 3 is 2.81 bits per heavy atom. The number of aromatic nitrogens is 2. The topological polar surface area (TPSA) is 78.7 Å². The predicted molar refractivity (Wildman–Crippen MR) is 82.2 cm³/mol. The Hall–Kier alpha value is -1.71. The number of nitrogens with one attached hydrogen (secondary N) is 1. The van der Waals surface area contributed by atoms with E-state index < -0.39 is 5.41 Å². The summed E-state index contributed by atoms with van der Waals surface area (Å²) >= 11 is 7.24. The van der Waals surface area contributed by atoms with Crippen molar-refractivity contribution in [3.8, 4) is 6.07 Å². The van der Waals surface area contributed by atoms with Gasteiger partial charge in [0.2, 0.25) is 5.91 Å². The molecule has 5 nitrogen and oxygen atoms in total. The van der Waals surface area contributed by atoms with Crippen LogP contribution in [0, 0.1) is 16.7 Å². The molecule has 7 heteroatoms. The van der Waals surface area contributed by atoms with Crippen molar-refractivity contribution >= 4 is 46.0 Å². The number of rotatable bonds is 2. The molecule has 1 heterocycles. The van der Waals surface area contributed by atoms with Crippen LogP contribution in [0.25, 0.3) is 11.0 Å². The van der Waals surface area contributed by atoms with Crippen LogP contribution in [0.5, 0.6) is 0 Å². The van der Waals surface area contributed by atoms with Gasteiger partial charge in [-0.3, -0.25) is 4.79 Å². The van der Waals surface area contributed by atoms with Crippen molar-refractivity contribution in [1.82, 2.24) is 8.75 Å². The standard InChI is InChI=1S/C14H13ClN4OS/c15-9-4-5-10-12(19-21-18-10)11(9)17-13(20)14(8-16)6-2-1-3-7-14/h4-5H,1-3,6-7H2,(H,17,20). The fourth-order valence-corrected chi connectivity index (χ4v) is 3.47. The van der Waals surface area contributed by atoms with Crippen LogP contribution in [0.15, 0.2) is 12.1 Å². The van der Waals surface area contributed by atoms with Gasteiger partial charge in [-0.15, -0.1) is 0 Å². The van der Waals surface area contributed by atoms with Crippen molar-refractivity contribution in [1.29, 1.82) is 5.26 Å². The van der Waals surface area contributed by atoms with E-state index in [-0.39, 0.29) is 5.91 Å². The lowest BCUT2D eigenvalue weighted by atomic mass is 9.74. The summed E-state index contributed by atoms with van der Waals surface area (Å²) in [4.78, 5) is 12.6. The average molecular weight is 321 g/mol. The smallest absolute Gasteiger partial charge is 0.244 e. The highest BCUT2D eigenvalue weighted by molar-refractivity contribution is 7.00. The lowest BCUT2D eigenvalue weighted by molar-refractivity contribution is -0.124. The third kappa shape index (κ3) is 2.47.